The van der Waals surface area contributed by atoms with E-state index in [2.05, 4.69) is 55.2 Å². The van der Waals surface area contributed by atoms with Crippen LogP contribution in [0.5, 0.6) is 0 Å². The molecule has 0 saturated carbocycles. The Labute approximate surface area is 132 Å². The number of hydrogen-bond acceptors (Lipinski definition) is 2. The number of aryl methyl sites for hydroxylation is 1. The highest BCUT2D eigenvalue weighted by Gasteiger charge is 2.34. The molecule has 0 spiro atoms. The minimum Gasteiger partial charge on any atom is -0.345 e. The van der Waals surface area contributed by atoms with Crippen LogP contribution in [-0.4, -0.2) is 4.57 Å². The van der Waals surface area contributed by atoms with E-state index in [4.69, 9.17) is 5.73 Å². The van der Waals surface area contributed by atoms with Gasteiger partial charge in [-0.25, -0.2) is 0 Å². The lowest BCUT2D eigenvalue weighted by molar-refractivity contribution is 0.272. The maximum atomic E-state index is 6.43. The zero-order chi connectivity index (χ0) is 15.2. The van der Waals surface area contributed by atoms with Gasteiger partial charge >= 0.3 is 0 Å². The highest BCUT2D eigenvalue weighted by molar-refractivity contribution is 7.07. The number of nitrogens with two attached hydrogens (primary N) is 1. The van der Waals surface area contributed by atoms with Crippen molar-refractivity contribution < 1.29 is 0 Å². The minimum atomic E-state index is 0.192. The second-order valence-electron chi connectivity index (χ2n) is 7.39. The monoisotopic (exact) mass is 302 g/mol. The fourth-order valence-electron chi connectivity index (χ4n) is 3.92. The lowest BCUT2D eigenvalue weighted by atomic mass is 9.74. The lowest BCUT2D eigenvalue weighted by Crippen LogP contribution is -2.31. The first kappa shape index (κ1) is 14.9. The molecule has 0 fully saturated rings. The molecule has 3 heteroatoms. The number of fused-ring (bicyclic) bond motifs is 1. The molecule has 2 atom stereocenters. The van der Waals surface area contributed by atoms with Crippen molar-refractivity contribution in [2.24, 2.45) is 11.1 Å². The van der Waals surface area contributed by atoms with Crippen LogP contribution in [0.4, 0.5) is 0 Å². The SMILES string of the molecule is Cc1cc2c(n1C(C)Cc1ccsc1)CC(C)(C)CC2N. The molecule has 114 valence electrons. The Morgan fingerprint density at radius 1 is 1.48 bits per heavy atom. The maximum absolute atomic E-state index is 6.43. The molecule has 0 radical (unpaired) electrons. The summed E-state index contributed by atoms with van der Waals surface area (Å²) in [5.41, 5.74) is 12.4. The van der Waals surface area contributed by atoms with E-state index in [1.165, 1.54) is 22.5 Å². The van der Waals surface area contributed by atoms with Crippen molar-refractivity contribution in [2.45, 2.75) is 59.0 Å². The number of thiophene rings is 1. The topological polar surface area (TPSA) is 30.9 Å². The molecule has 2 aromatic rings. The van der Waals surface area contributed by atoms with Crippen LogP contribution in [0.1, 0.15) is 61.8 Å². The van der Waals surface area contributed by atoms with Gasteiger partial charge in [0.25, 0.3) is 0 Å². The van der Waals surface area contributed by atoms with Gasteiger partial charge in [-0.1, -0.05) is 13.8 Å². The van der Waals surface area contributed by atoms with Gasteiger partial charge in [-0.05, 0) is 72.5 Å². The molecular weight excluding hydrogens is 276 g/mol. The van der Waals surface area contributed by atoms with Crippen LogP contribution in [0.3, 0.4) is 0 Å². The smallest absolute Gasteiger partial charge is 0.0348 e. The zero-order valence-electron chi connectivity index (χ0n) is 13.5. The summed E-state index contributed by atoms with van der Waals surface area (Å²) in [4.78, 5) is 0. The van der Waals surface area contributed by atoms with Gasteiger partial charge in [0.1, 0.15) is 0 Å². The molecule has 2 unspecified atom stereocenters. The van der Waals surface area contributed by atoms with Crippen molar-refractivity contribution in [3.8, 4) is 0 Å². The van der Waals surface area contributed by atoms with Gasteiger partial charge in [-0.2, -0.15) is 11.3 Å². The molecule has 2 heterocycles. The van der Waals surface area contributed by atoms with E-state index in [0.29, 0.717) is 11.5 Å². The Hall–Kier alpha value is -1.06. The van der Waals surface area contributed by atoms with E-state index < -0.39 is 0 Å². The molecule has 0 bridgehead atoms. The van der Waals surface area contributed by atoms with Crippen LogP contribution >= 0.6 is 11.3 Å². The number of hydrogen-bond donors (Lipinski definition) is 1. The quantitative estimate of drug-likeness (QED) is 0.880. The third-order valence-electron chi connectivity index (χ3n) is 4.74. The highest BCUT2D eigenvalue weighted by Crippen LogP contribution is 2.42. The summed E-state index contributed by atoms with van der Waals surface area (Å²) < 4.78 is 2.54. The zero-order valence-corrected chi connectivity index (χ0v) is 14.3. The van der Waals surface area contributed by atoms with Crippen molar-refractivity contribution in [1.29, 1.82) is 0 Å². The van der Waals surface area contributed by atoms with E-state index in [-0.39, 0.29) is 6.04 Å². The summed E-state index contributed by atoms with van der Waals surface area (Å²) >= 11 is 1.78. The van der Waals surface area contributed by atoms with E-state index in [1.54, 1.807) is 11.3 Å². The van der Waals surface area contributed by atoms with Crippen LogP contribution < -0.4 is 5.73 Å². The largest absolute Gasteiger partial charge is 0.345 e. The molecular formula is C18H26N2S. The molecule has 1 aliphatic rings. The normalized spacial score (nSPS) is 22.0. The first-order chi connectivity index (χ1) is 9.87. The van der Waals surface area contributed by atoms with Crippen molar-refractivity contribution in [1.82, 2.24) is 4.57 Å². The first-order valence-corrected chi connectivity index (χ1v) is 8.79. The molecule has 3 rings (SSSR count). The average Bonchev–Trinajstić information content (AvgIpc) is 2.95. The van der Waals surface area contributed by atoms with Crippen LogP contribution in [0.25, 0.3) is 0 Å². The predicted molar refractivity (Wildman–Crippen MR) is 90.9 cm³/mol. The van der Waals surface area contributed by atoms with Crippen LogP contribution in [-0.2, 0) is 12.8 Å². The maximum Gasteiger partial charge on any atom is 0.0348 e. The number of rotatable bonds is 3. The second-order valence-corrected chi connectivity index (χ2v) is 8.17. The Bertz CT molecular complexity index is 622. The molecule has 1 aliphatic carbocycles. The average molecular weight is 302 g/mol. The van der Waals surface area contributed by atoms with Gasteiger partial charge in [0, 0.05) is 23.5 Å². The number of aromatic nitrogens is 1. The molecule has 2 aromatic heterocycles. The van der Waals surface area contributed by atoms with Crippen molar-refractivity contribution in [2.75, 3.05) is 0 Å². The third-order valence-corrected chi connectivity index (χ3v) is 5.47. The Kier molecular flexibility index (Phi) is 3.74. The summed E-state index contributed by atoms with van der Waals surface area (Å²) in [5.74, 6) is 0. The van der Waals surface area contributed by atoms with E-state index in [9.17, 15) is 0 Å². The van der Waals surface area contributed by atoms with E-state index in [1.807, 2.05) is 0 Å². The van der Waals surface area contributed by atoms with Crippen molar-refractivity contribution in [3.63, 3.8) is 0 Å². The first-order valence-electron chi connectivity index (χ1n) is 7.84. The molecule has 0 aromatic carbocycles. The van der Waals surface area contributed by atoms with Gasteiger partial charge in [0.2, 0.25) is 0 Å². The fourth-order valence-corrected chi connectivity index (χ4v) is 4.61. The third kappa shape index (κ3) is 2.82. The van der Waals surface area contributed by atoms with Gasteiger partial charge in [-0.3, -0.25) is 0 Å². The summed E-state index contributed by atoms with van der Waals surface area (Å²) in [6.07, 6.45) is 3.32. The van der Waals surface area contributed by atoms with Crippen molar-refractivity contribution in [3.05, 3.63) is 45.4 Å². The van der Waals surface area contributed by atoms with Crippen LogP contribution in [0.2, 0.25) is 0 Å². The standard InChI is InChI=1S/C18H26N2S/c1-12(7-14-5-6-21-11-14)20-13(2)8-15-16(19)9-18(3,4)10-17(15)20/h5-6,8,11-12,16H,7,9-10,19H2,1-4H3. The van der Waals surface area contributed by atoms with Gasteiger partial charge in [0.05, 0.1) is 0 Å². The summed E-state index contributed by atoms with van der Waals surface area (Å²) in [5, 5.41) is 4.43. The molecule has 0 saturated heterocycles. The van der Waals surface area contributed by atoms with Gasteiger partial charge in [0.15, 0.2) is 0 Å². The Balaban J connectivity index is 1.96. The summed E-state index contributed by atoms with van der Waals surface area (Å²) in [6.45, 7) is 9.23. The molecule has 0 aliphatic heterocycles. The fraction of sp³-hybridized carbons (Fsp3) is 0.556. The molecule has 21 heavy (non-hydrogen) atoms. The Morgan fingerprint density at radius 3 is 2.90 bits per heavy atom. The predicted octanol–water partition coefficient (Wildman–Crippen LogP) is 4.63. The summed E-state index contributed by atoms with van der Waals surface area (Å²) in [7, 11) is 0. The lowest BCUT2D eigenvalue weighted by Gasteiger charge is -2.35. The van der Waals surface area contributed by atoms with E-state index >= 15 is 0 Å². The molecule has 2 N–H and O–H groups in total. The molecule has 2 nitrogen and oxygen atoms in total. The van der Waals surface area contributed by atoms with Gasteiger partial charge < -0.3 is 10.3 Å². The Morgan fingerprint density at radius 2 is 2.24 bits per heavy atom. The second kappa shape index (κ2) is 5.29. The van der Waals surface area contributed by atoms with Crippen molar-refractivity contribution >= 4 is 11.3 Å². The van der Waals surface area contributed by atoms with Crippen LogP contribution in [0, 0.1) is 12.3 Å². The van der Waals surface area contributed by atoms with E-state index in [0.717, 1.165) is 19.3 Å². The van der Waals surface area contributed by atoms with Gasteiger partial charge in [-0.15, -0.1) is 0 Å². The number of nitrogens with zero attached hydrogens (tertiary/aromatic N) is 1. The minimum absolute atomic E-state index is 0.192. The summed E-state index contributed by atoms with van der Waals surface area (Å²) in [6, 6.07) is 5.24. The van der Waals surface area contributed by atoms with Crippen LogP contribution in [0.15, 0.2) is 22.9 Å². The highest BCUT2D eigenvalue weighted by atomic mass is 32.1. The molecule has 0 amide bonds.